The molecule has 2 aromatic heterocycles. The number of hydrogen-bond donors (Lipinski definition) is 1. The highest BCUT2D eigenvalue weighted by molar-refractivity contribution is 5.86. The number of rotatable bonds is 4. The lowest BCUT2D eigenvalue weighted by Gasteiger charge is -2.47. The maximum atomic E-state index is 13.6. The summed E-state index contributed by atoms with van der Waals surface area (Å²) in [5.74, 6) is 0.278. The first kappa shape index (κ1) is 20.0. The van der Waals surface area contributed by atoms with Gasteiger partial charge in [0.15, 0.2) is 0 Å². The predicted molar refractivity (Wildman–Crippen MR) is 117 cm³/mol. The van der Waals surface area contributed by atoms with Gasteiger partial charge in [-0.1, -0.05) is 19.3 Å². The number of aromatic nitrogens is 2. The van der Waals surface area contributed by atoms with Crippen molar-refractivity contribution in [1.82, 2.24) is 19.8 Å². The van der Waals surface area contributed by atoms with E-state index in [4.69, 9.17) is 4.74 Å². The molecule has 3 aliphatic rings. The molecule has 3 heterocycles. The SMILES string of the molecule is O=C(NC1CCC(n2ccc3cccnc32)CC1)C1(N2CCOCC2)CCCCC1. The summed E-state index contributed by atoms with van der Waals surface area (Å²) in [7, 11) is 0. The molecule has 2 saturated carbocycles. The fourth-order valence-corrected chi connectivity index (χ4v) is 5.91. The lowest BCUT2D eigenvalue weighted by molar-refractivity contribution is -0.141. The molecule has 0 bridgehead atoms. The van der Waals surface area contributed by atoms with Gasteiger partial charge in [0.2, 0.25) is 5.91 Å². The molecule has 2 aliphatic carbocycles. The van der Waals surface area contributed by atoms with E-state index in [0.717, 1.165) is 83.3 Å². The van der Waals surface area contributed by atoms with E-state index >= 15 is 0 Å². The molecule has 0 radical (unpaired) electrons. The number of carbonyl (C=O) groups excluding carboxylic acids is 1. The molecule has 0 aromatic carbocycles. The molecule has 1 saturated heterocycles. The first-order valence-electron chi connectivity index (χ1n) is 11.8. The van der Waals surface area contributed by atoms with Gasteiger partial charge in [0.05, 0.1) is 13.2 Å². The van der Waals surface area contributed by atoms with Crippen molar-refractivity contribution < 1.29 is 9.53 Å². The quantitative estimate of drug-likeness (QED) is 0.836. The highest BCUT2D eigenvalue weighted by atomic mass is 16.5. The Morgan fingerprint density at radius 3 is 2.60 bits per heavy atom. The number of nitrogens with zero attached hydrogens (tertiary/aromatic N) is 3. The zero-order valence-corrected chi connectivity index (χ0v) is 17.9. The minimum absolute atomic E-state index is 0.278. The number of pyridine rings is 1. The summed E-state index contributed by atoms with van der Waals surface area (Å²) >= 11 is 0. The predicted octanol–water partition coefficient (Wildman–Crippen LogP) is 3.67. The zero-order chi connectivity index (χ0) is 20.4. The number of fused-ring (bicyclic) bond motifs is 1. The van der Waals surface area contributed by atoms with Crippen LogP contribution in [-0.2, 0) is 9.53 Å². The third-order valence-corrected chi connectivity index (χ3v) is 7.62. The van der Waals surface area contributed by atoms with E-state index < -0.39 is 0 Å². The molecule has 5 rings (SSSR count). The second kappa shape index (κ2) is 8.67. The van der Waals surface area contributed by atoms with Gasteiger partial charge in [0.25, 0.3) is 0 Å². The van der Waals surface area contributed by atoms with Gasteiger partial charge in [-0.05, 0) is 56.7 Å². The lowest BCUT2D eigenvalue weighted by Crippen LogP contribution is -2.63. The minimum Gasteiger partial charge on any atom is -0.379 e. The summed E-state index contributed by atoms with van der Waals surface area (Å²) in [6.07, 6.45) is 13.9. The largest absolute Gasteiger partial charge is 0.379 e. The molecule has 30 heavy (non-hydrogen) atoms. The highest BCUT2D eigenvalue weighted by Crippen LogP contribution is 2.36. The second-order valence-electron chi connectivity index (χ2n) is 9.31. The molecular formula is C24H34N4O2. The Hall–Kier alpha value is -1.92. The molecule has 162 valence electrons. The van der Waals surface area contributed by atoms with Crippen molar-refractivity contribution in [1.29, 1.82) is 0 Å². The van der Waals surface area contributed by atoms with Crippen LogP contribution in [0.3, 0.4) is 0 Å². The van der Waals surface area contributed by atoms with Crippen molar-refractivity contribution >= 4 is 16.9 Å². The van der Waals surface area contributed by atoms with Gasteiger partial charge in [-0.3, -0.25) is 9.69 Å². The van der Waals surface area contributed by atoms with E-state index in [2.05, 4.69) is 38.1 Å². The van der Waals surface area contributed by atoms with E-state index in [0.29, 0.717) is 12.1 Å². The Bertz CT molecular complexity index is 859. The maximum Gasteiger partial charge on any atom is 0.240 e. The van der Waals surface area contributed by atoms with Gasteiger partial charge in [-0.15, -0.1) is 0 Å². The van der Waals surface area contributed by atoms with Crippen LogP contribution in [0, 0.1) is 0 Å². The Morgan fingerprint density at radius 1 is 1.07 bits per heavy atom. The molecule has 0 atom stereocenters. The smallest absolute Gasteiger partial charge is 0.240 e. The number of nitrogens with one attached hydrogen (secondary N) is 1. The van der Waals surface area contributed by atoms with E-state index in [-0.39, 0.29) is 11.4 Å². The number of carbonyl (C=O) groups is 1. The van der Waals surface area contributed by atoms with Gasteiger partial charge in [0.1, 0.15) is 11.2 Å². The third kappa shape index (κ3) is 3.76. The molecule has 3 fully saturated rings. The average molecular weight is 411 g/mol. The Balaban J connectivity index is 1.23. The topological polar surface area (TPSA) is 59.4 Å². The fourth-order valence-electron chi connectivity index (χ4n) is 5.91. The standard InChI is InChI=1S/C24H34N4O2/c29-23(24(11-2-1-3-12-24)27-15-17-30-18-16-27)26-20-6-8-21(9-7-20)28-14-10-19-5-4-13-25-22(19)28/h4-5,10,13-14,20-21H,1-3,6-9,11-12,15-18H2,(H,26,29). The van der Waals surface area contributed by atoms with Crippen LogP contribution in [0.4, 0.5) is 0 Å². The summed E-state index contributed by atoms with van der Waals surface area (Å²) < 4.78 is 7.90. The summed E-state index contributed by atoms with van der Waals surface area (Å²) in [6, 6.07) is 7.05. The van der Waals surface area contributed by atoms with Gasteiger partial charge in [-0.2, -0.15) is 0 Å². The lowest BCUT2D eigenvalue weighted by atomic mass is 9.78. The van der Waals surface area contributed by atoms with Gasteiger partial charge >= 0.3 is 0 Å². The fraction of sp³-hybridized carbons (Fsp3) is 0.667. The van der Waals surface area contributed by atoms with Crippen LogP contribution in [0.2, 0.25) is 0 Å². The molecule has 0 unspecified atom stereocenters. The zero-order valence-electron chi connectivity index (χ0n) is 17.9. The van der Waals surface area contributed by atoms with Crippen LogP contribution in [0.15, 0.2) is 30.6 Å². The van der Waals surface area contributed by atoms with Crippen LogP contribution in [-0.4, -0.2) is 58.2 Å². The van der Waals surface area contributed by atoms with Crippen molar-refractivity contribution in [3.8, 4) is 0 Å². The Morgan fingerprint density at radius 2 is 1.83 bits per heavy atom. The molecular weight excluding hydrogens is 376 g/mol. The van der Waals surface area contributed by atoms with E-state index in [1.165, 1.54) is 11.8 Å². The van der Waals surface area contributed by atoms with E-state index in [1.807, 2.05) is 12.3 Å². The average Bonchev–Trinajstić information content (AvgIpc) is 3.25. The molecule has 1 amide bonds. The monoisotopic (exact) mass is 410 g/mol. The summed E-state index contributed by atoms with van der Waals surface area (Å²) in [6.45, 7) is 3.26. The summed E-state index contributed by atoms with van der Waals surface area (Å²) in [5.41, 5.74) is 0.776. The molecule has 6 nitrogen and oxygen atoms in total. The minimum atomic E-state index is -0.306. The van der Waals surface area contributed by atoms with Crippen molar-refractivity contribution in [2.24, 2.45) is 0 Å². The molecule has 6 heteroatoms. The maximum absolute atomic E-state index is 13.6. The second-order valence-corrected chi connectivity index (χ2v) is 9.31. The Kier molecular flexibility index (Phi) is 5.79. The molecule has 1 N–H and O–H groups in total. The van der Waals surface area contributed by atoms with Crippen molar-refractivity contribution in [2.45, 2.75) is 75.4 Å². The molecule has 2 aromatic rings. The number of ether oxygens (including phenoxy) is 1. The first-order valence-corrected chi connectivity index (χ1v) is 11.8. The van der Waals surface area contributed by atoms with Crippen LogP contribution in [0.1, 0.15) is 63.8 Å². The van der Waals surface area contributed by atoms with Gasteiger partial charge in [0, 0.05) is 43.0 Å². The van der Waals surface area contributed by atoms with E-state index in [9.17, 15) is 4.79 Å². The van der Waals surface area contributed by atoms with Crippen LogP contribution in [0.5, 0.6) is 0 Å². The Labute approximate surface area is 179 Å². The molecule has 0 spiro atoms. The van der Waals surface area contributed by atoms with Crippen molar-refractivity contribution in [3.05, 3.63) is 30.6 Å². The first-order chi connectivity index (χ1) is 14.8. The number of morpholine rings is 1. The van der Waals surface area contributed by atoms with Gasteiger partial charge < -0.3 is 14.6 Å². The van der Waals surface area contributed by atoms with Gasteiger partial charge in [-0.25, -0.2) is 4.98 Å². The normalized spacial score (nSPS) is 27.7. The van der Waals surface area contributed by atoms with E-state index in [1.54, 1.807) is 0 Å². The van der Waals surface area contributed by atoms with Crippen molar-refractivity contribution in [2.75, 3.05) is 26.3 Å². The highest BCUT2D eigenvalue weighted by Gasteiger charge is 2.45. The van der Waals surface area contributed by atoms with Crippen LogP contribution < -0.4 is 5.32 Å². The van der Waals surface area contributed by atoms with Crippen LogP contribution >= 0.6 is 0 Å². The number of hydrogen-bond acceptors (Lipinski definition) is 4. The van der Waals surface area contributed by atoms with Crippen molar-refractivity contribution in [3.63, 3.8) is 0 Å². The summed E-state index contributed by atoms with van der Waals surface area (Å²) in [5, 5.41) is 4.69. The van der Waals surface area contributed by atoms with Crippen LogP contribution in [0.25, 0.3) is 11.0 Å². The third-order valence-electron chi connectivity index (χ3n) is 7.62. The molecule has 1 aliphatic heterocycles. The number of amides is 1. The summed E-state index contributed by atoms with van der Waals surface area (Å²) in [4.78, 5) is 20.6.